The smallest absolute Gasteiger partial charge is 0.411 e. The highest BCUT2D eigenvalue weighted by atomic mass is 32.2. The Morgan fingerprint density at radius 1 is 0.462 bits per heavy atom. The Balaban J connectivity index is 0.000000377. The van der Waals surface area contributed by atoms with E-state index in [1.54, 1.807) is 83.7 Å². The van der Waals surface area contributed by atoms with Crippen LogP contribution in [0.4, 0.5) is 32.3 Å². The molecule has 0 saturated carbocycles. The van der Waals surface area contributed by atoms with Crippen LogP contribution in [0, 0.1) is 0 Å². The van der Waals surface area contributed by atoms with E-state index in [4.69, 9.17) is 43.3 Å². The minimum Gasteiger partial charge on any atom is -0.447 e. The van der Waals surface area contributed by atoms with Crippen molar-refractivity contribution in [2.24, 2.45) is 0 Å². The maximum absolute atomic E-state index is 12.9. The zero-order valence-electron chi connectivity index (χ0n) is 54.7. The summed E-state index contributed by atoms with van der Waals surface area (Å²) in [5.74, 6) is 0.983. The first-order valence-electron chi connectivity index (χ1n) is 31.3. The SMILES string of the molecule is COCCOCCOC(=O)Nc1ccc(N2C(=O)CC(SCCC(=O)NCCCCCCC(C)=O)C2=O)cc1.COCCOCCOC(=O)Nc1ccc(N2C(=O)CC(SCCCC(C)=[NH2+])C2=O)cc1.COCCOCCSC1CC(=O)N(CCCCCC(C)=O)C1=O. The van der Waals surface area contributed by atoms with E-state index in [-0.39, 0.29) is 116 Å². The molecule has 0 aliphatic carbocycles. The fraction of sp³-hybridized carbons (Fsp3) is 0.625. The molecule has 93 heavy (non-hydrogen) atoms. The number of hydrogen-bond donors (Lipinski definition) is 4. The molecule has 3 atom stereocenters. The molecule has 2 aromatic carbocycles. The van der Waals surface area contributed by atoms with Crippen LogP contribution in [0.5, 0.6) is 0 Å². The normalized spacial score (nSPS) is 16.0. The summed E-state index contributed by atoms with van der Waals surface area (Å²) in [4.78, 5) is 136. The number of carbonyl (C=O) groups excluding carboxylic acids is 11. The zero-order valence-corrected chi connectivity index (χ0v) is 57.1. The molecule has 9 amide bonds. The Kier molecular flexibility index (Phi) is 42.1. The molecule has 3 aliphatic heterocycles. The minimum absolute atomic E-state index is 0.0736. The van der Waals surface area contributed by atoms with Gasteiger partial charge in [-0.1, -0.05) is 19.3 Å². The van der Waals surface area contributed by atoms with Gasteiger partial charge in [0.15, 0.2) is 0 Å². The average molecular weight is 1360 g/mol. The predicted octanol–water partition coefficient (Wildman–Crippen LogP) is 6.23. The topological polar surface area (TPSA) is 333 Å². The monoisotopic (exact) mass is 1360 g/mol. The number of thioether (sulfide) groups is 3. The molecular formula is C64H96N7O19S3+. The molecule has 3 aliphatic rings. The lowest BCUT2D eigenvalue weighted by atomic mass is 10.1. The van der Waals surface area contributed by atoms with Gasteiger partial charge in [0.1, 0.15) is 30.5 Å². The van der Waals surface area contributed by atoms with Gasteiger partial charge in [-0.05, 0) is 100 Å². The average Bonchev–Trinajstić information content (AvgIpc) is 1.75. The second kappa shape index (κ2) is 48.4. The lowest BCUT2D eigenvalue weighted by Gasteiger charge is -2.15. The van der Waals surface area contributed by atoms with Crippen LogP contribution in [-0.2, 0) is 81.0 Å². The Bertz CT molecular complexity index is 2670. The standard InChI is InChI=1S/C27H39N3O8S.C21H29N3O6S.C16H27NO5S/c1-20(31)7-5-3-4-6-13-28-24(32)12-18-39-23-19-25(33)30(26(23)34)22-10-8-21(9-11-22)29-27(35)38-17-16-37-15-14-36-2;1-15(22)4-3-13-31-18-14-19(25)24(20(18)26)17-7-5-16(6-8-17)23-21(27)30-12-11-29-10-9-28-2;1-13(18)6-4-3-5-7-17-15(19)12-14(16(17)20)23-11-10-22-9-8-21-2/h8-11,23H,3-7,12-19H2,1-2H3,(H,28,32)(H,29,35);5-8,18,22H,3-4,9-14H2,1-2H3,(H,23,27);14H,3-12H2,1-2H3/p+1. The summed E-state index contributed by atoms with van der Waals surface area (Å²) in [6.45, 7) is 10.3. The Hall–Kier alpha value is -6.31. The first-order chi connectivity index (χ1) is 44.8. The molecule has 0 spiro atoms. The highest BCUT2D eigenvalue weighted by molar-refractivity contribution is 8.01. The van der Waals surface area contributed by atoms with Crippen molar-refractivity contribution in [1.29, 1.82) is 0 Å². The van der Waals surface area contributed by atoms with Gasteiger partial charge >= 0.3 is 12.2 Å². The maximum atomic E-state index is 12.9. The lowest BCUT2D eigenvalue weighted by molar-refractivity contribution is -0.138. The molecular weight excluding hydrogens is 1270 g/mol. The van der Waals surface area contributed by atoms with Crippen LogP contribution in [0.1, 0.15) is 117 Å². The molecule has 26 nitrogen and oxygen atoms in total. The van der Waals surface area contributed by atoms with Crippen LogP contribution in [0.3, 0.4) is 0 Å². The molecule has 2 aromatic rings. The van der Waals surface area contributed by atoms with E-state index >= 15 is 0 Å². The number of nitrogens with zero attached hydrogens (tertiary/aromatic N) is 3. The molecule has 5 N–H and O–H groups in total. The Labute approximate surface area is 558 Å². The first-order valence-corrected chi connectivity index (χ1v) is 34.5. The zero-order chi connectivity index (χ0) is 68.2. The second-order valence-electron chi connectivity index (χ2n) is 21.6. The van der Waals surface area contributed by atoms with Gasteiger partial charge in [0.25, 0.3) is 0 Å². The van der Waals surface area contributed by atoms with Crippen LogP contribution in [0.15, 0.2) is 48.5 Å². The van der Waals surface area contributed by atoms with Gasteiger partial charge in [-0.15, -0.1) is 35.3 Å². The van der Waals surface area contributed by atoms with Gasteiger partial charge in [0, 0.05) is 109 Å². The van der Waals surface area contributed by atoms with Crippen molar-refractivity contribution < 1.29 is 96.0 Å². The fourth-order valence-electron chi connectivity index (χ4n) is 8.95. The summed E-state index contributed by atoms with van der Waals surface area (Å²) >= 11 is 4.28. The van der Waals surface area contributed by atoms with E-state index in [0.29, 0.717) is 106 Å². The fourth-order valence-corrected chi connectivity index (χ4v) is 12.2. The molecule has 0 radical (unpaired) electrons. The third kappa shape index (κ3) is 34.1. The predicted molar refractivity (Wildman–Crippen MR) is 358 cm³/mol. The lowest BCUT2D eigenvalue weighted by Crippen LogP contribution is -2.37. The highest BCUT2D eigenvalue weighted by Gasteiger charge is 2.41. The number of imide groups is 3. The summed E-state index contributed by atoms with van der Waals surface area (Å²) < 4.78 is 40.4. The van der Waals surface area contributed by atoms with E-state index in [1.165, 1.54) is 45.1 Å². The van der Waals surface area contributed by atoms with E-state index in [2.05, 4.69) is 16.0 Å². The number of nitrogens with two attached hydrogens (primary N) is 1. The summed E-state index contributed by atoms with van der Waals surface area (Å²) in [5.41, 5.74) is 2.71. The molecule has 518 valence electrons. The van der Waals surface area contributed by atoms with E-state index < -0.39 is 17.4 Å². The number of ketones is 2. The summed E-state index contributed by atoms with van der Waals surface area (Å²) in [7, 11) is 4.77. The van der Waals surface area contributed by atoms with Crippen LogP contribution in [0.2, 0.25) is 0 Å². The molecule has 0 aromatic heterocycles. The number of anilines is 4. The van der Waals surface area contributed by atoms with Crippen molar-refractivity contribution in [3.05, 3.63) is 48.5 Å². The van der Waals surface area contributed by atoms with Crippen molar-refractivity contribution in [1.82, 2.24) is 10.2 Å². The number of rotatable bonds is 45. The summed E-state index contributed by atoms with van der Waals surface area (Å²) in [6.07, 6.45) is 8.55. The van der Waals surface area contributed by atoms with Crippen LogP contribution in [-0.4, -0.2) is 216 Å². The van der Waals surface area contributed by atoms with Gasteiger partial charge in [-0.3, -0.25) is 54.5 Å². The van der Waals surface area contributed by atoms with Gasteiger partial charge < -0.3 is 52.8 Å². The molecule has 0 bridgehead atoms. The number of carbonyl (C=O) groups is 11. The van der Waals surface area contributed by atoms with E-state index in [0.717, 1.165) is 74.2 Å². The Morgan fingerprint density at radius 2 is 0.882 bits per heavy atom. The number of methoxy groups -OCH3 is 3. The molecule has 29 heteroatoms. The van der Waals surface area contributed by atoms with Gasteiger partial charge in [0.05, 0.1) is 86.6 Å². The minimum atomic E-state index is -0.642. The first kappa shape index (κ1) is 80.9. The maximum Gasteiger partial charge on any atom is 0.411 e. The van der Waals surface area contributed by atoms with Crippen LogP contribution >= 0.6 is 35.3 Å². The van der Waals surface area contributed by atoms with Gasteiger partial charge in [0.2, 0.25) is 41.4 Å². The molecule has 3 fully saturated rings. The van der Waals surface area contributed by atoms with Crippen molar-refractivity contribution in [2.45, 2.75) is 133 Å². The number of hydrogen-bond acceptors (Lipinski definition) is 22. The van der Waals surface area contributed by atoms with Gasteiger partial charge in [-0.2, -0.15) is 0 Å². The third-order valence-electron chi connectivity index (χ3n) is 13.8. The second-order valence-corrected chi connectivity index (χ2v) is 25.5. The largest absolute Gasteiger partial charge is 0.447 e. The summed E-state index contributed by atoms with van der Waals surface area (Å²) in [5, 5.41) is 12.5. The highest BCUT2D eigenvalue weighted by Crippen LogP contribution is 2.33. The van der Waals surface area contributed by atoms with Crippen LogP contribution in [0.25, 0.3) is 0 Å². The third-order valence-corrected chi connectivity index (χ3v) is 17.5. The molecule has 3 heterocycles. The number of Topliss-reactive ketones (excluding diaryl/α,β-unsaturated/α-hetero) is 2. The Morgan fingerprint density at radius 3 is 1.35 bits per heavy atom. The van der Waals surface area contributed by atoms with Crippen LogP contribution < -0.4 is 31.2 Å². The number of likely N-dealkylation sites (tertiary alicyclic amines) is 1. The number of amides is 9. The van der Waals surface area contributed by atoms with Gasteiger partial charge in [-0.25, -0.2) is 19.4 Å². The number of unbranched alkanes of at least 4 members (excludes halogenated alkanes) is 5. The number of nitrogens with one attached hydrogen (secondary N) is 3. The van der Waals surface area contributed by atoms with E-state index in [1.807, 2.05) is 6.92 Å². The molecule has 3 saturated heterocycles. The van der Waals surface area contributed by atoms with Crippen molar-refractivity contribution in [3.8, 4) is 0 Å². The number of ether oxygens (including phenoxy) is 8. The summed E-state index contributed by atoms with van der Waals surface area (Å²) in [6, 6.07) is 12.8. The molecule has 3 unspecified atom stereocenters. The van der Waals surface area contributed by atoms with Crippen molar-refractivity contribution in [3.63, 3.8) is 0 Å². The van der Waals surface area contributed by atoms with Crippen molar-refractivity contribution >= 4 is 129 Å². The van der Waals surface area contributed by atoms with E-state index in [9.17, 15) is 52.7 Å². The van der Waals surface area contributed by atoms with Crippen molar-refractivity contribution in [2.75, 3.05) is 145 Å². The quantitative estimate of drug-likeness (QED) is 0.0324. The molecule has 5 rings (SSSR count). The number of benzene rings is 2.